The number of anilines is 1. The molecular formula is C21H23N5O6. The van der Waals surface area contributed by atoms with Crippen molar-refractivity contribution in [2.45, 2.75) is 31.7 Å². The van der Waals surface area contributed by atoms with Crippen LogP contribution in [0.5, 0.6) is 0 Å². The number of aliphatic carboxylic acids is 2. The SMILES string of the molecule is Cn1cc(CCc2ccc(C(=O)N[C@@H](CCC(=O)O)C(=O)O)cc2)c2c(=O)[nH]c(N)nc21. The van der Waals surface area contributed by atoms with Crippen molar-refractivity contribution >= 4 is 34.8 Å². The first-order valence-corrected chi connectivity index (χ1v) is 9.83. The molecular weight excluding hydrogens is 418 g/mol. The molecule has 0 spiro atoms. The molecule has 0 radical (unpaired) electrons. The number of carbonyl (C=O) groups excluding carboxylic acids is 1. The fraction of sp³-hybridized carbons (Fsp3) is 0.286. The van der Waals surface area contributed by atoms with Crippen molar-refractivity contribution in [3.63, 3.8) is 0 Å². The van der Waals surface area contributed by atoms with Gasteiger partial charge in [0.25, 0.3) is 11.5 Å². The van der Waals surface area contributed by atoms with Gasteiger partial charge in [0, 0.05) is 25.2 Å². The smallest absolute Gasteiger partial charge is 0.326 e. The molecule has 1 atom stereocenters. The van der Waals surface area contributed by atoms with Gasteiger partial charge in [-0.25, -0.2) is 4.79 Å². The summed E-state index contributed by atoms with van der Waals surface area (Å²) in [6.45, 7) is 0. The number of nitrogens with zero attached hydrogens (tertiary/aromatic N) is 2. The van der Waals surface area contributed by atoms with Gasteiger partial charge >= 0.3 is 11.9 Å². The highest BCUT2D eigenvalue weighted by Crippen LogP contribution is 2.18. The summed E-state index contributed by atoms with van der Waals surface area (Å²) < 4.78 is 1.74. The molecule has 2 aromatic heterocycles. The largest absolute Gasteiger partial charge is 0.481 e. The van der Waals surface area contributed by atoms with Crippen molar-refractivity contribution in [1.29, 1.82) is 0 Å². The highest BCUT2D eigenvalue weighted by Gasteiger charge is 2.21. The molecule has 0 aliphatic heterocycles. The third-order valence-corrected chi connectivity index (χ3v) is 5.07. The molecule has 2 heterocycles. The molecule has 0 saturated heterocycles. The lowest BCUT2D eigenvalue weighted by atomic mass is 10.0. The van der Waals surface area contributed by atoms with Crippen molar-refractivity contribution in [2.24, 2.45) is 7.05 Å². The molecule has 0 saturated carbocycles. The van der Waals surface area contributed by atoms with E-state index in [0.29, 0.717) is 23.9 Å². The van der Waals surface area contributed by atoms with E-state index in [0.717, 1.165) is 11.1 Å². The van der Waals surface area contributed by atoms with Gasteiger partial charge in [-0.1, -0.05) is 12.1 Å². The van der Waals surface area contributed by atoms with Gasteiger partial charge in [0.1, 0.15) is 11.7 Å². The third-order valence-electron chi connectivity index (χ3n) is 5.07. The lowest BCUT2D eigenvalue weighted by Crippen LogP contribution is -2.41. The number of nitrogens with two attached hydrogens (primary N) is 1. The first-order chi connectivity index (χ1) is 15.2. The minimum absolute atomic E-state index is 0.0530. The van der Waals surface area contributed by atoms with Crippen LogP contribution >= 0.6 is 0 Å². The van der Waals surface area contributed by atoms with E-state index in [1.165, 1.54) is 0 Å². The zero-order valence-corrected chi connectivity index (χ0v) is 17.3. The van der Waals surface area contributed by atoms with Gasteiger partial charge in [-0.2, -0.15) is 4.98 Å². The minimum atomic E-state index is -1.29. The molecule has 32 heavy (non-hydrogen) atoms. The molecule has 11 nitrogen and oxygen atoms in total. The van der Waals surface area contributed by atoms with E-state index in [9.17, 15) is 24.3 Å². The van der Waals surface area contributed by atoms with Crippen LogP contribution in [0.2, 0.25) is 0 Å². The monoisotopic (exact) mass is 441 g/mol. The quantitative estimate of drug-likeness (QED) is 0.321. The maximum Gasteiger partial charge on any atom is 0.326 e. The first-order valence-electron chi connectivity index (χ1n) is 9.83. The number of carboxylic acids is 2. The number of H-pyrrole nitrogens is 1. The Hall–Kier alpha value is -4.15. The molecule has 11 heteroatoms. The second kappa shape index (κ2) is 9.33. The normalized spacial score (nSPS) is 11.9. The van der Waals surface area contributed by atoms with Gasteiger partial charge in [0.15, 0.2) is 0 Å². The number of aryl methyl sites for hydroxylation is 3. The summed E-state index contributed by atoms with van der Waals surface area (Å²) in [6, 6.07) is 5.34. The van der Waals surface area contributed by atoms with Crippen molar-refractivity contribution in [1.82, 2.24) is 19.9 Å². The number of carboxylic acid groups (broad SMARTS) is 2. The van der Waals surface area contributed by atoms with E-state index in [2.05, 4.69) is 15.3 Å². The second-order valence-electron chi connectivity index (χ2n) is 7.41. The number of hydrogen-bond acceptors (Lipinski definition) is 6. The van der Waals surface area contributed by atoms with E-state index in [4.69, 9.17) is 10.8 Å². The van der Waals surface area contributed by atoms with Gasteiger partial charge in [0.2, 0.25) is 5.95 Å². The number of benzene rings is 1. The zero-order valence-electron chi connectivity index (χ0n) is 17.3. The summed E-state index contributed by atoms with van der Waals surface area (Å²) in [5.41, 5.74) is 7.81. The Morgan fingerprint density at radius 1 is 1.19 bits per heavy atom. The summed E-state index contributed by atoms with van der Waals surface area (Å²) in [5, 5.41) is 20.7. The van der Waals surface area contributed by atoms with Crippen molar-refractivity contribution in [3.8, 4) is 0 Å². The molecule has 0 unspecified atom stereocenters. The van der Waals surface area contributed by atoms with Crippen LogP contribution in [0.1, 0.15) is 34.3 Å². The van der Waals surface area contributed by atoms with Gasteiger partial charge in [-0.3, -0.25) is 19.4 Å². The van der Waals surface area contributed by atoms with Crippen LogP contribution in [-0.4, -0.2) is 48.6 Å². The van der Waals surface area contributed by atoms with Crippen LogP contribution in [0, 0.1) is 0 Å². The van der Waals surface area contributed by atoms with Gasteiger partial charge in [-0.15, -0.1) is 0 Å². The maximum absolute atomic E-state index is 12.3. The average molecular weight is 441 g/mol. The molecule has 168 valence electrons. The lowest BCUT2D eigenvalue weighted by Gasteiger charge is -2.13. The van der Waals surface area contributed by atoms with Crippen LogP contribution in [-0.2, 0) is 29.5 Å². The molecule has 0 fully saturated rings. The first kappa shape index (κ1) is 22.5. The van der Waals surface area contributed by atoms with E-state index < -0.39 is 23.9 Å². The minimum Gasteiger partial charge on any atom is -0.481 e. The van der Waals surface area contributed by atoms with Crippen LogP contribution in [0.3, 0.4) is 0 Å². The molecule has 3 aromatic rings. The fourth-order valence-electron chi connectivity index (χ4n) is 3.44. The Balaban J connectivity index is 1.67. The molecule has 0 aliphatic rings. The number of hydrogen-bond donors (Lipinski definition) is 5. The maximum atomic E-state index is 12.3. The summed E-state index contributed by atoms with van der Waals surface area (Å²) >= 11 is 0. The molecule has 0 aliphatic carbocycles. The fourth-order valence-corrected chi connectivity index (χ4v) is 3.44. The predicted molar refractivity (Wildman–Crippen MR) is 115 cm³/mol. The van der Waals surface area contributed by atoms with Gasteiger partial charge < -0.3 is 25.8 Å². The average Bonchev–Trinajstić information content (AvgIpc) is 3.05. The molecule has 6 N–H and O–H groups in total. The third kappa shape index (κ3) is 5.12. The van der Waals surface area contributed by atoms with E-state index in [1.54, 1.807) is 35.9 Å². The number of nitrogens with one attached hydrogen (secondary N) is 2. The zero-order chi connectivity index (χ0) is 23.4. The van der Waals surface area contributed by atoms with Gasteiger partial charge in [-0.05, 0) is 42.5 Å². The number of fused-ring (bicyclic) bond motifs is 1. The Morgan fingerprint density at radius 2 is 1.88 bits per heavy atom. The highest BCUT2D eigenvalue weighted by atomic mass is 16.4. The van der Waals surface area contributed by atoms with Crippen LogP contribution in [0.15, 0.2) is 35.3 Å². The lowest BCUT2D eigenvalue weighted by molar-refractivity contribution is -0.140. The van der Waals surface area contributed by atoms with Crippen LogP contribution in [0.25, 0.3) is 11.0 Å². The molecule has 1 aromatic carbocycles. The van der Waals surface area contributed by atoms with Crippen molar-refractivity contribution in [2.75, 3.05) is 5.73 Å². The topological polar surface area (TPSA) is 180 Å². The predicted octanol–water partition coefficient (Wildman–Crippen LogP) is 0.677. The number of nitrogen functional groups attached to an aromatic ring is 1. The van der Waals surface area contributed by atoms with E-state index >= 15 is 0 Å². The molecule has 0 bridgehead atoms. The molecule has 1 amide bonds. The second-order valence-corrected chi connectivity index (χ2v) is 7.41. The number of rotatable bonds is 9. The summed E-state index contributed by atoms with van der Waals surface area (Å²) in [4.78, 5) is 53.2. The van der Waals surface area contributed by atoms with Crippen molar-refractivity contribution < 1.29 is 24.6 Å². The Bertz CT molecular complexity index is 1230. The van der Waals surface area contributed by atoms with Crippen LogP contribution < -0.4 is 16.6 Å². The Morgan fingerprint density at radius 3 is 2.50 bits per heavy atom. The number of amides is 1. The Kier molecular flexibility index (Phi) is 6.57. The number of aromatic amines is 1. The number of carbonyl (C=O) groups is 3. The van der Waals surface area contributed by atoms with Gasteiger partial charge in [0.05, 0.1) is 5.39 Å². The summed E-state index contributed by atoms with van der Waals surface area (Å²) in [6.07, 6.45) is 2.42. The summed E-state index contributed by atoms with van der Waals surface area (Å²) in [5.74, 6) is -2.98. The van der Waals surface area contributed by atoms with E-state index in [-0.39, 0.29) is 29.9 Å². The highest BCUT2D eigenvalue weighted by molar-refractivity contribution is 5.96. The molecule has 3 rings (SSSR count). The number of aromatic nitrogens is 3. The van der Waals surface area contributed by atoms with Crippen LogP contribution in [0.4, 0.5) is 5.95 Å². The Labute approximate surface area is 181 Å². The standard InChI is InChI=1S/C21H23N5O6/c1-26-10-13(16-17(26)24-21(22)25-19(16)30)7-4-11-2-5-12(6-3-11)18(29)23-14(20(31)32)8-9-15(27)28/h2-3,5-6,10,14H,4,7-9H2,1H3,(H,23,29)(H,27,28)(H,31,32)(H3,22,24,25,30)/t14-/m0/s1. The van der Waals surface area contributed by atoms with E-state index in [1.807, 2.05) is 6.20 Å². The van der Waals surface area contributed by atoms with Crippen molar-refractivity contribution in [3.05, 3.63) is 57.5 Å². The summed E-state index contributed by atoms with van der Waals surface area (Å²) in [7, 11) is 1.78.